The minimum Gasteiger partial charge on any atom is -0.361 e. The quantitative estimate of drug-likeness (QED) is 0.365. The number of unbranched alkanes of at least 4 members (excludes halogenated alkanes) is 2. The van der Waals surface area contributed by atoms with Gasteiger partial charge in [0.25, 0.3) is 0 Å². The Hall–Kier alpha value is -1.47. The normalized spacial score (nSPS) is 15.0. The number of ether oxygens (including phenoxy) is 2. The summed E-state index contributed by atoms with van der Waals surface area (Å²) >= 11 is 0. The van der Waals surface area contributed by atoms with E-state index in [9.17, 15) is 0 Å². The minimum atomic E-state index is 0.429. The van der Waals surface area contributed by atoms with Crippen molar-refractivity contribution >= 4 is 11.9 Å². The van der Waals surface area contributed by atoms with Crippen LogP contribution in [0.25, 0.3) is 0 Å². The molecule has 0 aliphatic heterocycles. The maximum Gasteiger partial charge on any atom is 0.234 e. The van der Waals surface area contributed by atoms with Crippen LogP contribution in [0.3, 0.4) is 0 Å². The van der Waals surface area contributed by atoms with Crippen molar-refractivity contribution in [3.8, 4) is 0 Å². The fourth-order valence-electron chi connectivity index (χ4n) is 3.25. The van der Waals surface area contributed by atoms with Crippen LogP contribution in [-0.2, 0) is 9.47 Å². The van der Waals surface area contributed by atoms with Gasteiger partial charge in [-0.15, -0.1) is 0 Å². The van der Waals surface area contributed by atoms with Crippen molar-refractivity contribution in [3.05, 3.63) is 5.82 Å². The SMILES string of the molecule is CCCCOCN(COCCCC)c1nc(C2CCCCC2)nc(N(C)C)n1. The van der Waals surface area contributed by atoms with E-state index in [4.69, 9.17) is 24.4 Å². The van der Waals surface area contributed by atoms with Crippen LogP contribution in [-0.4, -0.2) is 55.7 Å². The lowest BCUT2D eigenvalue weighted by Crippen LogP contribution is -2.32. The van der Waals surface area contributed by atoms with Crippen LogP contribution in [0.2, 0.25) is 0 Å². The van der Waals surface area contributed by atoms with E-state index in [1.54, 1.807) is 0 Å². The summed E-state index contributed by atoms with van der Waals surface area (Å²) in [4.78, 5) is 18.2. The zero-order valence-electron chi connectivity index (χ0n) is 18.3. The summed E-state index contributed by atoms with van der Waals surface area (Å²) in [5.74, 6) is 2.71. The average Bonchev–Trinajstić information content (AvgIpc) is 2.73. The molecule has 0 N–H and O–H groups in total. The maximum atomic E-state index is 5.87. The Morgan fingerprint density at radius 3 is 1.93 bits per heavy atom. The van der Waals surface area contributed by atoms with Gasteiger partial charge in [0.15, 0.2) is 0 Å². The third kappa shape index (κ3) is 7.51. The summed E-state index contributed by atoms with van der Waals surface area (Å²) in [6.45, 7) is 6.69. The van der Waals surface area contributed by atoms with E-state index in [0.29, 0.717) is 31.3 Å². The molecule has 1 aliphatic carbocycles. The summed E-state index contributed by atoms with van der Waals surface area (Å²) in [5.41, 5.74) is 0. The van der Waals surface area contributed by atoms with E-state index in [-0.39, 0.29) is 0 Å². The highest BCUT2D eigenvalue weighted by molar-refractivity contribution is 5.38. The first kappa shape index (κ1) is 22.8. The molecule has 0 bridgehead atoms. The third-order valence-corrected chi connectivity index (χ3v) is 5.06. The molecule has 0 amide bonds. The Balaban J connectivity index is 2.17. The summed E-state index contributed by atoms with van der Waals surface area (Å²) in [7, 11) is 3.95. The molecule has 2 rings (SSSR count). The smallest absolute Gasteiger partial charge is 0.234 e. The Kier molecular flexibility index (Phi) is 10.5. The van der Waals surface area contributed by atoms with E-state index in [1.807, 2.05) is 23.9 Å². The molecule has 0 atom stereocenters. The van der Waals surface area contributed by atoms with Crippen molar-refractivity contribution in [1.82, 2.24) is 15.0 Å². The second-order valence-electron chi connectivity index (χ2n) is 7.84. The van der Waals surface area contributed by atoms with Crippen molar-refractivity contribution in [2.45, 2.75) is 77.6 Å². The van der Waals surface area contributed by atoms with Crippen molar-refractivity contribution in [3.63, 3.8) is 0 Å². The van der Waals surface area contributed by atoms with Crippen LogP contribution < -0.4 is 9.80 Å². The number of rotatable bonds is 13. The van der Waals surface area contributed by atoms with Crippen LogP contribution in [0.5, 0.6) is 0 Å². The highest BCUT2D eigenvalue weighted by Gasteiger charge is 2.22. The summed E-state index contributed by atoms with van der Waals surface area (Å²) in [6.07, 6.45) is 10.5. The molecule has 0 aromatic carbocycles. The molecule has 0 radical (unpaired) electrons. The Bertz CT molecular complexity index is 538. The van der Waals surface area contributed by atoms with E-state index >= 15 is 0 Å². The van der Waals surface area contributed by atoms with Gasteiger partial charge in [-0.2, -0.15) is 15.0 Å². The number of nitrogens with zero attached hydrogens (tertiary/aromatic N) is 5. The van der Waals surface area contributed by atoms with E-state index in [0.717, 1.165) is 57.6 Å². The standard InChI is InChI=1S/C21H39N5O2/c1-5-7-14-27-16-26(17-28-15-8-6-2)21-23-19(18-12-10-9-11-13-18)22-20(24-21)25(3)4/h18H,5-17H2,1-4H3. The first-order chi connectivity index (χ1) is 13.7. The predicted octanol–water partition coefficient (Wildman–Crippen LogP) is 4.34. The Morgan fingerprint density at radius 1 is 0.821 bits per heavy atom. The zero-order chi connectivity index (χ0) is 20.2. The van der Waals surface area contributed by atoms with E-state index < -0.39 is 0 Å². The number of aromatic nitrogens is 3. The number of anilines is 2. The van der Waals surface area contributed by atoms with Gasteiger partial charge in [0.2, 0.25) is 11.9 Å². The lowest BCUT2D eigenvalue weighted by Gasteiger charge is -2.26. The van der Waals surface area contributed by atoms with Crippen LogP contribution in [0.4, 0.5) is 11.9 Å². The molecule has 160 valence electrons. The molecule has 1 aromatic heterocycles. The molecule has 0 saturated heterocycles. The molecule has 1 saturated carbocycles. The average molecular weight is 394 g/mol. The molecule has 0 unspecified atom stereocenters. The molecular formula is C21H39N5O2. The monoisotopic (exact) mass is 393 g/mol. The molecule has 1 heterocycles. The summed E-state index contributed by atoms with van der Waals surface area (Å²) in [5, 5.41) is 0. The maximum absolute atomic E-state index is 5.87. The highest BCUT2D eigenvalue weighted by atomic mass is 16.5. The highest BCUT2D eigenvalue weighted by Crippen LogP contribution is 2.31. The van der Waals surface area contributed by atoms with Gasteiger partial charge in [0.1, 0.15) is 19.3 Å². The first-order valence-corrected chi connectivity index (χ1v) is 11.0. The Morgan fingerprint density at radius 2 is 1.39 bits per heavy atom. The minimum absolute atomic E-state index is 0.429. The van der Waals surface area contributed by atoms with Crippen LogP contribution >= 0.6 is 0 Å². The van der Waals surface area contributed by atoms with Gasteiger partial charge in [-0.3, -0.25) is 4.90 Å². The van der Waals surface area contributed by atoms with Crippen LogP contribution in [0.1, 0.15) is 83.4 Å². The first-order valence-electron chi connectivity index (χ1n) is 11.0. The molecule has 0 spiro atoms. The summed E-state index contributed by atoms with van der Waals surface area (Å²) < 4.78 is 11.7. The van der Waals surface area contributed by atoms with Crippen molar-refractivity contribution in [1.29, 1.82) is 0 Å². The van der Waals surface area contributed by atoms with Crippen molar-refractivity contribution in [2.75, 3.05) is 50.6 Å². The van der Waals surface area contributed by atoms with Crippen molar-refractivity contribution < 1.29 is 9.47 Å². The van der Waals surface area contributed by atoms with E-state index in [1.165, 1.54) is 19.3 Å². The third-order valence-electron chi connectivity index (χ3n) is 5.06. The van der Waals surface area contributed by atoms with E-state index in [2.05, 4.69) is 13.8 Å². The van der Waals surface area contributed by atoms with Crippen LogP contribution in [0, 0.1) is 0 Å². The fraction of sp³-hybridized carbons (Fsp3) is 0.857. The van der Waals surface area contributed by atoms with Gasteiger partial charge in [-0.1, -0.05) is 46.0 Å². The number of hydrogen-bond donors (Lipinski definition) is 0. The van der Waals surface area contributed by atoms with Gasteiger partial charge in [0.05, 0.1) is 0 Å². The molecule has 7 nitrogen and oxygen atoms in total. The molecular weight excluding hydrogens is 354 g/mol. The summed E-state index contributed by atoms with van der Waals surface area (Å²) in [6, 6.07) is 0. The molecule has 1 fully saturated rings. The largest absolute Gasteiger partial charge is 0.361 e. The van der Waals surface area contributed by atoms with Crippen molar-refractivity contribution in [2.24, 2.45) is 0 Å². The van der Waals surface area contributed by atoms with Gasteiger partial charge >= 0.3 is 0 Å². The van der Waals surface area contributed by atoms with Gasteiger partial charge in [-0.25, -0.2) is 0 Å². The topological polar surface area (TPSA) is 63.6 Å². The lowest BCUT2D eigenvalue weighted by molar-refractivity contribution is 0.0811. The van der Waals surface area contributed by atoms with Gasteiger partial charge in [-0.05, 0) is 25.7 Å². The predicted molar refractivity (Wildman–Crippen MR) is 114 cm³/mol. The van der Waals surface area contributed by atoms with Crippen LogP contribution in [0.15, 0.2) is 0 Å². The molecule has 7 heteroatoms. The molecule has 28 heavy (non-hydrogen) atoms. The zero-order valence-corrected chi connectivity index (χ0v) is 18.3. The lowest BCUT2D eigenvalue weighted by atomic mass is 9.89. The van der Waals surface area contributed by atoms with Gasteiger partial charge in [0, 0.05) is 33.2 Å². The molecule has 1 aromatic rings. The second-order valence-corrected chi connectivity index (χ2v) is 7.84. The fourth-order valence-corrected chi connectivity index (χ4v) is 3.25. The number of hydrogen-bond acceptors (Lipinski definition) is 7. The van der Waals surface area contributed by atoms with Gasteiger partial charge < -0.3 is 14.4 Å². The Labute approximate surface area is 170 Å². The second kappa shape index (κ2) is 12.9. The molecule has 1 aliphatic rings.